The van der Waals surface area contributed by atoms with Gasteiger partial charge in [-0.15, -0.1) is 0 Å². The van der Waals surface area contributed by atoms with E-state index in [4.69, 9.17) is 4.74 Å². The molecule has 2 saturated heterocycles. The van der Waals surface area contributed by atoms with Crippen molar-refractivity contribution in [2.45, 2.75) is 38.1 Å². The number of carbonyl (C=O) groups is 1. The SMILES string of the molecule is CCc1nccn1CC(=O)N1CCN([C@@H]2COC[C@@H](O)[C@H]2O)CC1. The molecule has 2 fully saturated rings. The topological polar surface area (TPSA) is 91.1 Å². The lowest BCUT2D eigenvalue weighted by atomic mass is 10.0. The molecule has 3 heterocycles. The Bertz CT molecular complexity index is 556. The van der Waals surface area contributed by atoms with Crippen LogP contribution in [0.25, 0.3) is 0 Å². The van der Waals surface area contributed by atoms with E-state index in [-0.39, 0.29) is 18.6 Å². The number of carbonyl (C=O) groups excluding carboxylic acids is 1. The van der Waals surface area contributed by atoms with E-state index in [9.17, 15) is 15.0 Å². The minimum absolute atomic E-state index is 0.0860. The van der Waals surface area contributed by atoms with E-state index >= 15 is 0 Å². The molecule has 1 amide bonds. The van der Waals surface area contributed by atoms with Crippen molar-refractivity contribution in [2.75, 3.05) is 39.4 Å². The van der Waals surface area contributed by atoms with Gasteiger partial charge < -0.3 is 24.4 Å². The van der Waals surface area contributed by atoms with E-state index < -0.39 is 12.2 Å². The highest BCUT2D eigenvalue weighted by Gasteiger charge is 2.37. The van der Waals surface area contributed by atoms with Crippen molar-refractivity contribution in [3.8, 4) is 0 Å². The number of hydrogen-bond acceptors (Lipinski definition) is 6. The maximum atomic E-state index is 12.5. The fourth-order valence-corrected chi connectivity index (χ4v) is 3.43. The van der Waals surface area contributed by atoms with Crippen LogP contribution in [0.4, 0.5) is 0 Å². The van der Waals surface area contributed by atoms with Gasteiger partial charge in [-0.1, -0.05) is 6.92 Å². The fourth-order valence-electron chi connectivity index (χ4n) is 3.43. The van der Waals surface area contributed by atoms with Gasteiger partial charge in [0.15, 0.2) is 0 Å². The number of aliphatic hydroxyl groups is 2. The number of aliphatic hydroxyl groups excluding tert-OH is 2. The molecule has 0 aromatic carbocycles. The quantitative estimate of drug-likeness (QED) is 0.710. The normalized spacial score (nSPS) is 29.0. The number of aryl methyl sites for hydroxylation is 1. The van der Waals surface area contributed by atoms with Crippen LogP contribution in [0.3, 0.4) is 0 Å². The van der Waals surface area contributed by atoms with Crippen LogP contribution in [0, 0.1) is 0 Å². The molecule has 0 spiro atoms. The van der Waals surface area contributed by atoms with E-state index in [2.05, 4.69) is 9.88 Å². The predicted molar refractivity (Wildman–Crippen MR) is 86.4 cm³/mol. The lowest BCUT2D eigenvalue weighted by molar-refractivity contribution is -0.145. The van der Waals surface area contributed by atoms with Gasteiger partial charge >= 0.3 is 0 Å². The first-order valence-electron chi connectivity index (χ1n) is 8.56. The third-order valence-corrected chi connectivity index (χ3v) is 4.93. The molecular weight excluding hydrogens is 312 g/mol. The van der Waals surface area contributed by atoms with Crippen LogP contribution in [-0.2, 0) is 22.5 Å². The van der Waals surface area contributed by atoms with Crippen LogP contribution in [0.15, 0.2) is 12.4 Å². The minimum atomic E-state index is -0.836. The lowest BCUT2D eigenvalue weighted by Gasteiger charge is -2.43. The average Bonchev–Trinajstić information content (AvgIpc) is 3.04. The Morgan fingerprint density at radius 2 is 2.04 bits per heavy atom. The molecule has 2 aliphatic heterocycles. The maximum absolute atomic E-state index is 12.5. The summed E-state index contributed by atoms with van der Waals surface area (Å²) in [7, 11) is 0. The Hall–Kier alpha value is -1.48. The molecule has 8 heteroatoms. The number of rotatable bonds is 4. The Kier molecular flexibility index (Phi) is 5.50. The Morgan fingerprint density at radius 1 is 1.29 bits per heavy atom. The van der Waals surface area contributed by atoms with Crippen molar-refractivity contribution in [1.82, 2.24) is 19.4 Å². The number of hydrogen-bond donors (Lipinski definition) is 2. The maximum Gasteiger partial charge on any atom is 0.242 e. The fraction of sp³-hybridized carbons (Fsp3) is 0.750. The second kappa shape index (κ2) is 7.60. The van der Waals surface area contributed by atoms with Gasteiger partial charge in [-0.3, -0.25) is 9.69 Å². The standard InChI is InChI=1S/C16H26N4O4/c1-2-14-17-3-4-20(14)9-15(22)19-7-5-18(6-8-19)12-10-24-11-13(21)16(12)23/h3-4,12-13,16,21,23H,2,5-11H2,1H3/t12-,13-,16+/m1/s1. The summed E-state index contributed by atoms with van der Waals surface area (Å²) in [5.41, 5.74) is 0. The van der Waals surface area contributed by atoms with Gasteiger partial charge in [0.25, 0.3) is 0 Å². The molecule has 3 rings (SSSR count). The van der Waals surface area contributed by atoms with E-state index in [0.29, 0.717) is 39.3 Å². The summed E-state index contributed by atoms with van der Waals surface area (Å²) in [6.45, 7) is 5.53. The number of nitrogens with zero attached hydrogens (tertiary/aromatic N) is 4. The molecule has 0 unspecified atom stereocenters. The summed E-state index contributed by atoms with van der Waals surface area (Å²) in [6.07, 6.45) is 2.73. The van der Waals surface area contributed by atoms with Crippen LogP contribution in [0.1, 0.15) is 12.7 Å². The molecule has 2 aliphatic rings. The van der Waals surface area contributed by atoms with Gasteiger partial charge in [-0.2, -0.15) is 0 Å². The predicted octanol–water partition coefficient (Wildman–Crippen LogP) is -1.29. The van der Waals surface area contributed by atoms with Crippen molar-refractivity contribution in [3.05, 3.63) is 18.2 Å². The van der Waals surface area contributed by atoms with Gasteiger partial charge in [-0.25, -0.2) is 4.98 Å². The van der Waals surface area contributed by atoms with Crippen molar-refractivity contribution >= 4 is 5.91 Å². The molecule has 134 valence electrons. The van der Waals surface area contributed by atoms with Gasteiger partial charge in [0, 0.05) is 45.0 Å². The largest absolute Gasteiger partial charge is 0.389 e. The van der Waals surface area contributed by atoms with Crippen molar-refractivity contribution in [3.63, 3.8) is 0 Å². The Labute approximate surface area is 141 Å². The average molecular weight is 338 g/mol. The zero-order chi connectivity index (χ0) is 17.1. The van der Waals surface area contributed by atoms with Gasteiger partial charge in [0.05, 0.1) is 25.4 Å². The van der Waals surface area contributed by atoms with Crippen LogP contribution in [0.2, 0.25) is 0 Å². The highest BCUT2D eigenvalue weighted by atomic mass is 16.5. The third kappa shape index (κ3) is 3.61. The molecule has 0 saturated carbocycles. The molecule has 1 aromatic rings. The molecule has 1 aromatic heterocycles. The first kappa shape index (κ1) is 17.3. The van der Waals surface area contributed by atoms with E-state index in [1.165, 1.54) is 0 Å². The summed E-state index contributed by atoms with van der Waals surface area (Å²) < 4.78 is 7.24. The van der Waals surface area contributed by atoms with Gasteiger partial charge in [0.1, 0.15) is 18.5 Å². The second-order valence-electron chi connectivity index (χ2n) is 6.40. The van der Waals surface area contributed by atoms with Crippen LogP contribution < -0.4 is 0 Å². The number of piperazine rings is 1. The minimum Gasteiger partial charge on any atom is -0.389 e. The molecule has 0 bridgehead atoms. The van der Waals surface area contributed by atoms with Crippen LogP contribution in [-0.4, -0.2) is 93.1 Å². The Balaban J connectivity index is 1.52. The highest BCUT2D eigenvalue weighted by Crippen LogP contribution is 2.17. The molecule has 0 aliphatic carbocycles. The van der Waals surface area contributed by atoms with Crippen LogP contribution in [0.5, 0.6) is 0 Å². The molecule has 3 atom stereocenters. The summed E-state index contributed by atoms with van der Waals surface area (Å²) in [6, 6.07) is -0.202. The van der Waals surface area contributed by atoms with Gasteiger partial charge in [-0.05, 0) is 0 Å². The molecular formula is C16H26N4O4. The summed E-state index contributed by atoms with van der Waals surface area (Å²) >= 11 is 0. The number of ether oxygens (including phenoxy) is 1. The molecule has 24 heavy (non-hydrogen) atoms. The zero-order valence-corrected chi connectivity index (χ0v) is 14.0. The summed E-state index contributed by atoms with van der Waals surface area (Å²) in [5, 5.41) is 19.9. The number of aromatic nitrogens is 2. The number of amides is 1. The number of imidazole rings is 1. The monoisotopic (exact) mass is 338 g/mol. The summed E-state index contributed by atoms with van der Waals surface area (Å²) in [5.74, 6) is 1.00. The van der Waals surface area contributed by atoms with Crippen LogP contribution >= 0.6 is 0 Å². The zero-order valence-electron chi connectivity index (χ0n) is 14.0. The molecule has 8 nitrogen and oxygen atoms in total. The first-order chi connectivity index (χ1) is 11.6. The first-order valence-corrected chi connectivity index (χ1v) is 8.56. The Morgan fingerprint density at radius 3 is 2.75 bits per heavy atom. The lowest BCUT2D eigenvalue weighted by Crippen LogP contribution is -2.61. The highest BCUT2D eigenvalue weighted by molar-refractivity contribution is 5.76. The second-order valence-corrected chi connectivity index (χ2v) is 6.40. The van der Waals surface area contributed by atoms with Gasteiger partial charge in [0.2, 0.25) is 5.91 Å². The van der Waals surface area contributed by atoms with Crippen molar-refractivity contribution in [2.24, 2.45) is 0 Å². The van der Waals surface area contributed by atoms with E-state index in [1.54, 1.807) is 6.20 Å². The van der Waals surface area contributed by atoms with Crippen molar-refractivity contribution < 1.29 is 19.7 Å². The van der Waals surface area contributed by atoms with E-state index in [0.717, 1.165) is 12.2 Å². The third-order valence-electron chi connectivity index (χ3n) is 4.93. The molecule has 2 N–H and O–H groups in total. The summed E-state index contributed by atoms with van der Waals surface area (Å²) in [4.78, 5) is 20.7. The smallest absolute Gasteiger partial charge is 0.242 e. The van der Waals surface area contributed by atoms with E-state index in [1.807, 2.05) is 22.6 Å². The van der Waals surface area contributed by atoms with Crippen molar-refractivity contribution in [1.29, 1.82) is 0 Å². The molecule has 0 radical (unpaired) electrons.